The van der Waals surface area contributed by atoms with Gasteiger partial charge in [0, 0.05) is 16.3 Å². The van der Waals surface area contributed by atoms with E-state index in [9.17, 15) is 9.59 Å². The Morgan fingerprint density at radius 3 is 2.39 bits per heavy atom. The summed E-state index contributed by atoms with van der Waals surface area (Å²) in [6, 6.07) is 15.6. The Balaban J connectivity index is 0.000000323. The number of nitrogens with zero attached hydrogens (tertiary/aromatic N) is 4. The van der Waals surface area contributed by atoms with Crippen molar-refractivity contribution in [2.24, 2.45) is 0 Å². The fourth-order valence-corrected chi connectivity index (χ4v) is 3.80. The Kier molecular flexibility index (Phi) is 8.43. The van der Waals surface area contributed by atoms with Gasteiger partial charge in [-0.25, -0.2) is 0 Å². The largest absolute Gasteiger partial charge is 0.322 e. The summed E-state index contributed by atoms with van der Waals surface area (Å²) in [5.41, 5.74) is 3.58. The summed E-state index contributed by atoms with van der Waals surface area (Å²) >= 11 is 8.21. The maximum Gasteiger partial charge on any atom is 0.260 e. The third-order valence-corrected chi connectivity index (χ3v) is 5.69. The molecule has 4 aromatic rings. The summed E-state index contributed by atoms with van der Waals surface area (Å²) in [4.78, 5) is 24.9. The molecule has 2 aromatic carbocycles. The first kappa shape index (κ1) is 23.8. The predicted molar refractivity (Wildman–Crippen MR) is 130 cm³/mol. The molecule has 33 heavy (non-hydrogen) atoms. The minimum atomic E-state index is -0.336. The lowest BCUT2D eigenvalue weighted by Gasteiger charge is -2.08. The van der Waals surface area contributed by atoms with Gasteiger partial charge in [-0.2, -0.15) is 9.64 Å². The fraction of sp³-hybridized carbons (Fsp3) is 0.0476. The number of nitriles is 1. The van der Waals surface area contributed by atoms with Crippen molar-refractivity contribution in [1.29, 1.82) is 5.26 Å². The molecule has 0 aliphatic heterocycles. The lowest BCUT2D eigenvalue weighted by molar-refractivity contribution is 0.102. The van der Waals surface area contributed by atoms with E-state index in [4.69, 9.17) is 16.9 Å². The van der Waals surface area contributed by atoms with E-state index in [1.165, 1.54) is 11.3 Å². The molecule has 0 aliphatic carbocycles. The summed E-state index contributed by atoms with van der Waals surface area (Å²) in [6.07, 6.45) is 1.73. The second-order valence-corrected chi connectivity index (χ2v) is 8.28. The number of aromatic nitrogens is 3. The van der Waals surface area contributed by atoms with E-state index in [0.29, 0.717) is 37.7 Å². The first-order valence-corrected chi connectivity index (χ1v) is 11.3. The number of hydrogen-bond donors (Lipinski definition) is 3. The van der Waals surface area contributed by atoms with Crippen LogP contribution in [0, 0.1) is 18.4 Å². The molecule has 0 bridgehead atoms. The predicted octanol–water partition coefficient (Wildman–Crippen LogP) is 5.04. The first-order valence-electron chi connectivity index (χ1n) is 9.28. The molecular formula is C21H16ClN7O2S2. The smallest absolute Gasteiger partial charge is 0.260 e. The van der Waals surface area contributed by atoms with Crippen molar-refractivity contribution in [3.63, 3.8) is 0 Å². The molecule has 2 heterocycles. The highest BCUT2D eigenvalue weighted by atomic mass is 35.5. The molecule has 0 atom stereocenters. The van der Waals surface area contributed by atoms with Gasteiger partial charge in [0.2, 0.25) is 5.13 Å². The molecule has 0 saturated carbocycles. The van der Waals surface area contributed by atoms with Crippen LogP contribution in [-0.2, 0) is 0 Å². The van der Waals surface area contributed by atoms with Crippen molar-refractivity contribution in [1.82, 2.24) is 14.6 Å². The highest BCUT2D eigenvalue weighted by Crippen LogP contribution is 2.26. The van der Waals surface area contributed by atoms with Crippen LogP contribution in [0.4, 0.5) is 15.8 Å². The number of benzene rings is 2. The van der Waals surface area contributed by atoms with Gasteiger partial charge in [-0.1, -0.05) is 41.1 Å². The Morgan fingerprint density at radius 2 is 1.76 bits per heavy atom. The summed E-state index contributed by atoms with van der Waals surface area (Å²) in [5.74, 6) is -0.623. The molecular weight excluding hydrogens is 482 g/mol. The van der Waals surface area contributed by atoms with Gasteiger partial charge in [-0.15, -0.1) is 10.2 Å². The Labute approximate surface area is 202 Å². The molecule has 3 N–H and O–H groups in total. The van der Waals surface area contributed by atoms with Gasteiger partial charge in [0.25, 0.3) is 11.8 Å². The molecule has 0 saturated heterocycles. The van der Waals surface area contributed by atoms with E-state index >= 15 is 0 Å². The van der Waals surface area contributed by atoms with E-state index in [0.717, 1.165) is 11.5 Å². The van der Waals surface area contributed by atoms with Crippen LogP contribution in [0.5, 0.6) is 0 Å². The van der Waals surface area contributed by atoms with Gasteiger partial charge in [0.15, 0.2) is 6.19 Å². The van der Waals surface area contributed by atoms with Crippen molar-refractivity contribution in [3.8, 4) is 6.19 Å². The van der Waals surface area contributed by atoms with Crippen LogP contribution < -0.4 is 16.0 Å². The summed E-state index contributed by atoms with van der Waals surface area (Å²) in [5, 5.41) is 24.5. The minimum Gasteiger partial charge on any atom is -0.322 e. The Morgan fingerprint density at radius 1 is 1.03 bits per heavy atom. The van der Waals surface area contributed by atoms with Gasteiger partial charge >= 0.3 is 0 Å². The maximum absolute atomic E-state index is 12.6. The van der Waals surface area contributed by atoms with Crippen molar-refractivity contribution in [2.75, 3.05) is 16.0 Å². The number of carbonyl (C=O) groups excluding carboxylic acids is 2. The number of rotatable bonds is 5. The Bertz CT molecular complexity index is 1250. The van der Waals surface area contributed by atoms with Gasteiger partial charge in [0.05, 0.1) is 11.3 Å². The van der Waals surface area contributed by atoms with Crippen molar-refractivity contribution in [2.45, 2.75) is 6.92 Å². The lowest BCUT2D eigenvalue weighted by atomic mass is 10.2. The van der Waals surface area contributed by atoms with E-state index < -0.39 is 0 Å². The van der Waals surface area contributed by atoms with Crippen LogP contribution in [0.1, 0.15) is 26.4 Å². The second-order valence-electron chi connectivity index (χ2n) is 6.23. The molecule has 12 heteroatoms. The third kappa shape index (κ3) is 6.81. The number of amides is 2. The summed E-state index contributed by atoms with van der Waals surface area (Å²) < 4.78 is 4.19. The summed E-state index contributed by atoms with van der Waals surface area (Å²) in [6.45, 7) is 1.73. The third-order valence-electron chi connectivity index (χ3n) is 3.98. The molecule has 2 amide bonds. The molecule has 0 radical (unpaired) electrons. The first-order chi connectivity index (χ1) is 16.0. The SMILES string of the molecule is Cc1nsc(NC(=O)c2ccccc2)c1C(=O)Nc1ccc(Cl)cc1.N#CNc1nncs1. The van der Waals surface area contributed by atoms with Gasteiger partial charge in [-0.3, -0.25) is 14.9 Å². The van der Waals surface area contributed by atoms with Gasteiger partial charge < -0.3 is 10.6 Å². The molecule has 0 fully saturated rings. The van der Waals surface area contributed by atoms with Crippen LogP contribution in [0.3, 0.4) is 0 Å². The van der Waals surface area contributed by atoms with E-state index in [1.807, 2.05) is 6.07 Å². The molecule has 2 aromatic heterocycles. The highest BCUT2D eigenvalue weighted by molar-refractivity contribution is 7.13. The highest BCUT2D eigenvalue weighted by Gasteiger charge is 2.20. The zero-order valence-corrected chi connectivity index (χ0v) is 19.5. The maximum atomic E-state index is 12.6. The zero-order valence-electron chi connectivity index (χ0n) is 17.1. The standard InChI is InChI=1S/C18H14ClN3O2S.C3H2N4S/c1-11-15(17(24)20-14-9-7-13(19)8-10-14)18(25-22-11)21-16(23)12-5-3-2-4-6-12;4-1-5-3-7-6-2-8-3/h2-10H,1H3,(H,20,24)(H,21,23);2H,(H,5,7). The average molecular weight is 498 g/mol. The minimum absolute atomic E-state index is 0.287. The monoisotopic (exact) mass is 497 g/mol. The number of nitrogens with one attached hydrogen (secondary N) is 3. The molecule has 0 aliphatic rings. The van der Waals surface area contributed by atoms with Crippen LogP contribution in [0.25, 0.3) is 0 Å². The van der Waals surface area contributed by atoms with Crippen molar-refractivity contribution >= 4 is 62.1 Å². The number of carbonyl (C=O) groups is 2. The fourth-order valence-electron chi connectivity index (χ4n) is 2.49. The van der Waals surface area contributed by atoms with E-state index in [1.54, 1.807) is 67.2 Å². The topological polar surface area (TPSA) is 133 Å². The number of halogens is 1. The van der Waals surface area contributed by atoms with Crippen molar-refractivity contribution in [3.05, 3.63) is 82.0 Å². The molecule has 166 valence electrons. The number of hydrogen-bond acceptors (Lipinski definition) is 9. The van der Waals surface area contributed by atoms with Crippen LogP contribution in [0.2, 0.25) is 5.02 Å². The van der Waals surface area contributed by atoms with Crippen LogP contribution >= 0.6 is 34.5 Å². The van der Waals surface area contributed by atoms with Gasteiger partial charge in [-0.05, 0) is 54.9 Å². The van der Waals surface area contributed by atoms with Gasteiger partial charge in [0.1, 0.15) is 10.5 Å². The normalized spacial score (nSPS) is 9.73. The molecule has 4 rings (SSSR count). The average Bonchev–Trinajstić information content (AvgIpc) is 3.46. The number of anilines is 3. The van der Waals surface area contributed by atoms with Crippen LogP contribution in [0.15, 0.2) is 60.1 Å². The zero-order chi connectivity index (χ0) is 23.6. The molecule has 0 unspecified atom stereocenters. The van der Waals surface area contributed by atoms with Crippen LogP contribution in [-0.4, -0.2) is 26.4 Å². The van der Waals surface area contributed by atoms with E-state index in [-0.39, 0.29) is 11.8 Å². The quantitative estimate of drug-likeness (QED) is 0.260. The van der Waals surface area contributed by atoms with Crippen molar-refractivity contribution < 1.29 is 9.59 Å². The van der Waals surface area contributed by atoms with E-state index in [2.05, 4.69) is 30.5 Å². The summed E-state index contributed by atoms with van der Waals surface area (Å²) in [7, 11) is 0. The molecule has 0 spiro atoms. The molecule has 9 nitrogen and oxygen atoms in total. The Hall–Kier alpha value is -3.85. The number of aryl methyl sites for hydroxylation is 1. The lowest BCUT2D eigenvalue weighted by Crippen LogP contribution is -2.17. The second kappa shape index (κ2) is 11.7.